The molecule has 0 saturated carbocycles. The fourth-order valence-corrected chi connectivity index (χ4v) is 1.50. The van der Waals surface area contributed by atoms with Crippen molar-refractivity contribution in [1.82, 2.24) is 4.98 Å². The van der Waals surface area contributed by atoms with Crippen LogP contribution in [-0.4, -0.2) is 4.98 Å². The molecule has 0 saturated heterocycles. The zero-order valence-electron chi connectivity index (χ0n) is 7.31. The van der Waals surface area contributed by atoms with Crippen LogP contribution < -0.4 is 9.47 Å². The second-order valence-electron chi connectivity index (χ2n) is 2.98. The Hall–Kier alpha value is -2.03. The van der Waals surface area contributed by atoms with Gasteiger partial charge in [0.2, 0.25) is 0 Å². The van der Waals surface area contributed by atoms with Crippen molar-refractivity contribution in [3.8, 4) is 11.5 Å². The quantitative estimate of drug-likeness (QED) is 0.631. The number of hydrogen-bond acceptors (Lipinski definition) is 3. The first-order valence-corrected chi connectivity index (χ1v) is 4.31. The molecule has 1 aromatic heterocycles. The summed E-state index contributed by atoms with van der Waals surface area (Å²) in [7, 11) is 0. The minimum Gasteiger partial charge on any atom is -0.457 e. The highest BCUT2D eigenvalue weighted by atomic mass is 16.5. The van der Waals surface area contributed by atoms with E-state index in [1.54, 1.807) is 6.20 Å². The van der Waals surface area contributed by atoms with Crippen LogP contribution in [-0.2, 0) is 0 Å². The smallest absolute Gasteiger partial charge is 0.188 e. The molecule has 0 fully saturated rings. The third-order valence-corrected chi connectivity index (χ3v) is 2.13. The average molecular weight is 185 g/mol. The van der Waals surface area contributed by atoms with Gasteiger partial charge >= 0.3 is 0 Å². The van der Waals surface area contributed by atoms with Gasteiger partial charge in [-0.25, -0.2) is 0 Å². The highest BCUT2D eigenvalue weighted by Gasteiger charge is 2.12. The Kier molecular flexibility index (Phi) is 1.44. The number of aromatic nitrogens is 1. The van der Waals surface area contributed by atoms with E-state index >= 15 is 0 Å². The summed E-state index contributed by atoms with van der Waals surface area (Å²) in [6.45, 7) is 0. The molecule has 3 heteroatoms. The standard InChI is InChI=1S/C11H7NO2/c1-2-4-9-8(3-1)11-10(7-12-9)13-5-6-14-11/h1-7H. The zero-order chi connectivity index (χ0) is 9.38. The second-order valence-corrected chi connectivity index (χ2v) is 2.98. The van der Waals surface area contributed by atoms with E-state index in [1.807, 2.05) is 24.3 Å². The molecule has 1 aromatic carbocycles. The minimum absolute atomic E-state index is 0.659. The summed E-state index contributed by atoms with van der Waals surface area (Å²) in [5, 5.41) is 0.967. The summed E-state index contributed by atoms with van der Waals surface area (Å²) in [6, 6.07) is 7.80. The van der Waals surface area contributed by atoms with Crippen LogP contribution in [0.3, 0.4) is 0 Å². The van der Waals surface area contributed by atoms with Gasteiger partial charge in [-0.1, -0.05) is 12.1 Å². The fraction of sp³-hybridized carbons (Fsp3) is 0. The van der Waals surface area contributed by atoms with E-state index in [2.05, 4.69) is 4.98 Å². The predicted molar refractivity (Wildman–Crippen MR) is 52.1 cm³/mol. The maximum atomic E-state index is 5.39. The van der Waals surface area contributed by atoms with Crippen molar-refractivity contribution in [2.75, 3.05) is 0 Å². The molecule has 1 aliphatic rings. The van der Waals surface area contributed by atoms with E-state index in [1.165, 1.54) is 12.5 Å². The number of pyridine rings is 1. The van der Waals surface area contributed by atoms with Gasteiger partial charge in [-0.15, -0.1) is 0 Å². The topological polar surface area (TPSA) is 31.4 Å². The molecule has 3 nitrogen and oxygen atoms in total. The van der Waals surface area contributed by atoms with Crippen LogP contribution in [0.2, 0.25) is 0 Å². The molecule has 0 amide bonds. The second kappa shape index (κ2) is 2.73. The number of fused-ring (bicyclic) bond motifs is 3. The Morgan fingerprint density at radius 2 is 1.86 bits per heavy atom. The molecule has 1 aliphatic heterocycles. The number of ether oxygens (including phenoxy) is 2. The minimum atomic E-state index is 0.659. The Bertz CT molecular complexity index is 520. The number of nitrogens with zero attached hydrogens (tertiary/aromatic N) is 1. The lowest BCUT2D eigenvalue weighted by atomic mass is 10.2. The molecule has 68 valence electrons. The zero-order valence-corrected chi connectivity index (χ0v) is 7.31. The van der Waals surface area contributed by atoms with Gasteiger partial charge in [0.05, 0.1) is 11.7 Å². The molecule has 0 N–H and O–H groups in total. The molecule has 0 aliphatic carbocycles. The van der Waals surface area contributed by atoms with E-state index in [4.69, 9.17) is 9.47 Å². The van der Waals surface area contributed by atoms with Gasteiger partial charge in [-0.05, 0) is 12.1 Å². The number of benzene rings is 1. The molecule has 0 bridgehead atoms. The van der Waals surface area contributed by atoms with Gasteiger partial charge in [0, 0.05) is 5.39 Å². The first-order chi connectivity index (χ1) is 6.95. The van der Waals surface area contributed by atoms with Crippen molar-refractivity contribution in [3.05, 3.63) is 43.0 Å². The summed E-state index contributed by atoms with van der Waals surface area (Å²) in [6.07, 6.45) is 4.69. The van der Waals surface area contributed by atoms with Crippen molar-refractivity contribution in [2.24, 2.45) is 0 Å². The number of rotatable bonds is 0. The third-order valence-electron chi connectivity index (χ3n) is 2.13. The van der Waals surface area contributed by atoms with Crippen LogP contribution in [0.25, 0.3) is 10.9 Å². The van der Waals surface area contributed by atoms with Gasteiger partial charge in [-0.3, -0.25) is 4.98 Å². The molecule has 14 heavy (non-hydrogen) atoms. The summed E-state index contributed by atoms with van der Waals surface area (Å²) < 4.78 is 10.7. The average Bonchev–Trinajstić information content (AvgIpc) is 2.29. The van der Waals surface area contributed by atoms with Crippen molar-refractivity contribution in [3.63, 3.8) is 0 Å². The normalized spacial score (nSPS) is 13.1. The number of para-hydroxylation sites is 1. The molecule has 0 atom stereocenters. The van der Waals surface area contributed by atoms with Gasteiger partial charge in [0.15, 0.2) is 11.5 Å². The van der Waals surface area contributed by atoms with E-state index in [-0.39, 0.29) is 0 Å². The SMILES string of the molecule is C1=COc2c(cnc3ccccc23)O1. The van der Waals surface area contributed by atoms with Gasteiger partial charge in [-0.2, -0.15) is 0 Å². The molecule has 3 rings (SSSR count). The maximum absolute atomic E-state index is 5.39. The van der Waals surface area contributed by atoms with Crippen LogP contribution in [0, 0.1) is 0 Å². The summed E-state index contributed by atoms with van der Waals surface area (Å²) >= 11 is 0. The largest absolute Gasteiger partial charge is 0.457 e. The van der Waals surface area contributed by atoms with E-state index in [9.17, 15) is 0 Å². The van der Waals surface area contributed by atoms with Crippen LogP contribution in [0.5, 0.6) is 11.5 Å². The third kappa shape index (κ3) is 0.956. The molecule has 0 spiro atoms. The van der Waals surface area contributed by atoms with E-state index in [0.717, 1.165) is 16.7 Å². The van der Waals surface area contributed by atoms with Gasteiger partial charge in [0.1, 0.15) is 12.5 Å². The molecule has 2 heterocycles. The van der Waals surface area contributed by atoms with E-state index in [0.29, 0.717) is 5.75 Å². The lowest BCUT2D eigenvalue weighted by Gasteiger charge is -2.13. The van der Waals surface area contributed by atoms with Gasteiger partial charge in [0.25, 0.3) is 0 Å². The molecule has 0 radical (unpaired) electrons. The maximum Gasteiger partial charge on any atom is 0.188 e. The van der Waals surface area contributed by atoms with E-state index < -0.39 is 0 Å². The highest BCUT2D eigenvalue weighted by molar-refractivity contribution is 5.87. The van der Waals surface area contributed by atoms with Crippen LogP contribution in [0.15, 0.2) is 43.0 Å². The Labute approximate surface area is 80.6 Å². The fourth-order valence-electron chi connectivity index (χ4n) is 1.50. The van der Waals surface area contributed by atoms with Crippen molar-refractivity contribution < 1.29 is 9.47 Å². The monoisotopic (exact) mass is 185 g/mol. The van der Waals surface area contributed by atoms with Crippen LogP contribution in [0.4, 0.5) is 0 Å². The lowest BCUT2D eigenvalue weighted by Crippen LogP contribution is -1.97. The van der Waals surface area contributed by atoms with Gasteiger partial charge < -0.3 is 9.47 Å². The first-order valence-electron chi connectivity index (χ1n) is 4.31. The Morgan fingerprint density at radius 1 is 1.00 bits per heavy atom. The Balaban J connectivity index is 2.37. The van der Waals surface area contributed by atoms with Crippen molar-refractivity contribution >= 4 is 10.9 Å². The lowest BCUT2D eigenvalue weighted by molar-refractivity contribution is 0.364. The van der Waals surface area contributed by atoms with Crippen LogP contribution in [0.1, 0.15) is 0 Å². The first kappa shape index (κ1) is 7.38. The molecular formula is C11H7NO2. The molecule has 0 unspecified atom stereocenters. The summed E-state index contributed by atoms with van der Waals surface area (Å²) in [4.78, 5) is 4.26. The summed E-state index contributed by atoms with van der Waals surface area (Å²) in [5.41, 5.74) is 0.908. The summed E-state index contributed by atoms with van der Waals surface area (Å²) in [5.74, 6) is 1.39. The highest BCUT2D eigenvalue weighted by Crippen LogP contribution is 2.35. The number of hydrogen-bond donors (Lipinski definition) is 0. The van der Waals surface area contributed by atoms with Crippen molar-refractivity contribution in [2.45, 2.75) is 0 Å². The van der Waals surface area contributed by atoms with Crippen molar-refractivity contribution in [1.29, 1.82) is 0 Å². The van der Waals surface area contributed by atoms with Crippen LogP contribution >= 0.6 is 0 Å². The molecule has 2 aromatic rings. The Morgan fingerprint density at radius 3 is 2.86 bits per heavy atom. The predicted octanol–water partition coefficient (Wildman–Crippen LogP) is 2.48. The molecular weight excluding hydrogens is 178 g/mol.